The Morgan fingerprint density at radius 3 is 2.57 bits per heavy atom. The van der Waals surface area contributed by atoms with E-state index in [0.717, 1.165) is 34.0 Å². The first-order valence-corrected chi connectivity index (χ1v) is 10.2. The predicted molar refractivity (Wildman–Crippen MR) is 115 cm³/mol. The van der Waals surface area contributed by atoms with Gasteiger partial charge in [-0.2, -0.15) is 0 Å². The molecule has 7 heteroatoms. The molecule has 4 heterocycles. The van der Waals surface area contributed by atoms with Gasteiger partial charge in [0.15, 0.2) is 0 Å². The maximum Gasteiger partial charge on any atom is 0.236 e. The summed E-state index contributed by atoms with van der Waals surface area (Å²) in [5.41, 5.74) is 2.92. The average molecular weight is 406 g/mol. The molecular weight excluding hydrogens is 380 g/mol. The average Bonchev–Trinajstić information content (AvgIpc) is 2.71. The van der Waals surface area contributed by atoms with Crippen molar-refractivity contribution in [2.75, 3.05) is 18.5 Å². The SMILES string of the molecule is CCC[C@H](O)c1cc(C)c(-c2cc3cnc(NC(=O)C4(C)COC4)cc3cn2)cn1. The van der Waals surface area contributed by atoms with Gasteiger partial charge in [0.25, 0.3) is 0 Å². The summed E-state index contributed by atoms with van der Waals surface area (Å²) in [5, 5.41) is 14.9. The van der Waals surface area contributed by atoms with E-state index in [-0.39, 0.29) is 5.91 Å². The van der Waals surface area contributed by atoms with Gasteiger partial charge in [0, 0.05) is 34.9 Å². The van der Waals surface area contributed by atoms with Crippen molar-refractivity contribution >= 4 is 22.5 Å². The fraction of sp³-hybridized carbons (Fsp3) is 0.391. The first kappa shape index (κ1) is 20.4. The number of carbonyl (C=O) groups excluding carboxylic acids is 1. The molecule has 1 atom stereocenters. The van der Waals surface area contributed by atoms with Crippen LogP contribution in [0, 0.1) is 12.3 Å². The molecule has 3 aromatic rings. The molecule has 1 aliphatic heterocycles. The lowest BCUT2D eigenvalue weighted by Gasteiger charge is -2.36. The van der Waals surface area contributed by atoms with Gasteiger partial charge in [0.2, 0.25) is 5.91 Å². The zero-order chi connectivity index (χ0) is 21.3. The summed E-state index contributed by atoms with van der Waals surface area (Å²) in [5.74, 6) is 0.416. The topological polar surface area (TPSA) is 97.2 Å². The van der Waals surface area contributed by atoms with Crippen LogP contribution in [0.2, 0.25) is 0 Å². The number of hydrogen-bond donors (Lipinski definition) is 2. The molecule has 156 valence electrons. The number of aliphatic hydroxyl groups is 1. The lowest BCUT2D eigenvalue weighted by molar-refractivity contribution is -0.151. The zero-order valence-electron chi connectivity index (χ0n) is 17.5. The summed E-state index contributed by atoms with van der Waals surface area (Å²) in [6.45, 7) is 6.77. The lowest BCUT2D eigenvalue weighted by atomic mass is 9.87. The van der Waals surface area contributed by atoms with Crippen molar-refractivity contribution in [2.45, 2.75) is 39.7 Å². The largest absolute Gasteiger partial charge is 0.387 e. The summed E-state index contributed by atoms with van der Waals surface area (Å²) >= 11 is 0. The van der Waals surface area contributed by atoms with Crippen molar-refractivity contribution < 1.29 is 14.6 Å². The molecule has 0 spiro atoms. The Labute approximate surface area is 175 Å². The van der Waals surface area contributed by atoms with E-state index in [1.165, 1.54) is 0 Å². The Balaban J connectivity index is 1.57. The van der Waals surface area contributed by atoms with Crippen LogP contribution < -0.4 is 5.32 Å². The van der Waals surface area contributed by atoms with Crippen LogP contribution in [0.3, 0.4) is 0 Å². The third-order valence-electron chi connectivity index (χ3n) is 5.55. The molecule has 4 rings (SSSR count). The van der Waals surface area contributed by atoms with E-state index < -0.39 is 11.5 Å². The molecule has 0 aromatic carbocycles. The molecule has 3 aromatic heterocycles. The van der Waals surface area contributed by atoms with E-state index >= 15 is 0 Å². The van der Waals surface area contributed by atoms with E-state index in [1.807, 2.05) is 39.0 Å². The van der Waals surface area contributed by atoms with Gasteiger partial charge in [-0.1, -0.05) is 13.3 Å². The molecule has 30 heavy (non-hydrogen) atoms. The number of fused-ring (bicyclic) bond motifs is 1. The van der Waals surface area contributed by atoms with Crippen molar-refractivity contribution in [3.05, 3.63) is 48.0 Å². The van der Waals surface area contributed by atoms with Crippen molar-refractivity contribution in [2.24, 2.45) is 5.41 Å². The second-order valence-corrected chi connectivity index (χ2v) is 8.22. The normalized spacial score (nSPS) is 16.1. The Bertz CT molecular complexity index is 1090. The Hall–Kier alpha value is -2.90. The minimum absolute atomic E-state index is 0.0859. The van der Waals surface area contributed by atoms with Crippen molar-refractivity contribution in [3.8, 4) is 11.3 Å². The summed E-state index contributed by atoms with van der Waals surface area (Å²) in [6, 6.07) is 5.70. The van der Waals surface area contributed by atoms with E-state index in [0.29, 0.717) is 31.1 Å². The summed E-state index contributed by atoms with van der Waals surface area (Å²) < 4.78 is 5.15. The van der Waals surface area contributed by atoms with Gasteiger partial charge in [-0.25, -0.2) is 4.98 Å². The Morgan fingerprint density at radius 2 is 1.90 bits per heavy atom. The highest BCUT2D eigenvalue weighted by Gasteiger charge is 2.41. The van der Waals surface area contributed by atoms with Crippen LogP contribution in [0.15, 0.2) is 36.8 Å². The highest BCUT2D eigenvalue weighted by atomic mass is 16.5. The van der Waals surface area contributed by atoms with E-state index in [1.54, 1.807) is 18.6 Å². The quantitative estimate of drug-likeness (QED) is 0.646. The number of rotatable bonds is 6. The van der Waals surface area contributed by atoms with Crippen LogP contribution in [0.1, 0.15) is 44.1 Å². The summed E-state index contributed by atoms with van der Waals surface area (Å²) in [7, 11) is 0. The second kappa shape index (κ2) is 8.08. The van der Waals surface area contributed by atoms with Gasteiger partial charge >= 0.3 is 0 Å². The Kier molecular flexibility index (Phi) is 5.49. The first-order valence-electron chi connectivity index (χ1n) is 10.2. The van der Waals surface area contributed by atoms with Crippen LogP contribution in [-0.2, 0) is 9.53 Å². The van der Waals surface area contributed by atoms with Crippen molar-refractivity contribution in [1.82, 2.24) is 15.0 Å². The molecule has 0 aliphatic carbocycles. The number of carbonyl (C=O) groups is 1. The molecule has 2 N–H and O–H groups in total. The standard InChI is InChI=1S/C23H26N4O3/c1-4-5-20(28)19-6-14(2)17(11-25-19)18-7-15-10-26-21(8-16(15)9-24-18)27-22(29)23(3)12-30-13-23/h6-11,20,28H,4-5,12-13H2,1-3H3,(H,26,27,29)/t20-/m0/s1. The molecule has 0 bridgehead atoms. The highest BCUT2D eigenvalue weighted by molar-refractivity contribution is 5.97. The van der Waals surface area contributed by atoms with Crippen LogP contribution >= 0.6 is 0 Å². The highest BCUT2D eigenvalue weighted by Crippen LogP contribution is 2.29. The molecular formula is C23H26N4O3. The summed E-state index contributed by atoms with van der Waals surface area (Å²) in [6.07, 6.45) is 6.32. The smallest absolute Gasteiger partial charge is 0.236 e. The third-order valence-corrected chi connectivity index (χ3v) is 5.55. The number of aryl methyl sites for hydroxylation is 1. The van der Waals surface area contributed by atoms with Gasteiger partial charge in [0.1, 0.15) is 5.82 Å². The molecule has 0 saturated carbocycles. The van der Waals surface area contributed by atoms with Gasteiger partial charge in [-0.3, -0.25) is 14.8 Å². The number of pyridine rings is 3. The van der Waals surface area contributed by atoms with Crippen LogP contribution in [0.25, 0.3) is 22.0 Å². The maximum absolute atomic E-state index is 12.4. The zero-order valence-corrected chi connectivity index (χ0v) is 17.5. The van der Waals surface area contributed by atoms with Gasteiger partial charge in [-0.05, 0) is 44.0 Å². The van der Waals surface area contributed by atoms with Crippen LogP contribution in [0.5, 0.6) is 0 Å². The fourth-order valence-corrected chi connectivity index (χ4v) is 3.51. The maximum atomic E-state index is 12.4. The number of aliphatic hydroxyl groups excluding tert-OH is 1. The van der Waals surface area contributed by atoms with E-state index in [9.17, 15) is 9.90 Å². The monoisotopic (exact) mass is 406 g/mol. The molecule has 1 aliphatic rings. The number of anilines is 1. The molecule has 1 amide bonds. The van der Waals surface area contributed by atoms with Gasteiger partial charge in [-0.15, -0.1) is 0 Å². The predicted octanol–water partition coefficient (Wildman–Crippen LogP) is 3.81. The molecule has 1 fully saturated rings. The number of nitrogens with zero attached hydrogens (tertiary/aromatic N) is 3. The number of ether oxygens (including phenoxy) is 1. The lowest BCUT2D eigenvalue weighted by Crippen LogP contribution is -2.49. The molecule has 7 nitrogen and oxygen atoms in total. The van der Waals surface area contributed by atoms with Gasteiger partial charge < -0.3 is 15.2 Å². The molecule has 0 radical (unpaired) electrons. The van der Waals surface area contributed by atoms with Crippen molar-refractivity contribution in [1.29, 1.82) is 0 Å². The second-order valence-electron chi connectivity index (χ2n) is 8.22. The van der Waals surface area contributed by atoms with E-state index in [4.69, 9.17) is 4.74 Å². The minimum atomic E-state index is -0.543. The minimum Gasteiger partial charge on any atom is -0.387 e. The van der Waals surface area contributed by atoms with Crippen LogP contribution in [-0.4, -0.2) is 39.2 Å². The third kappa shape index (κ3) is 3.91. The first-order chi connectivity index (χ1) is 14.4. The molecule has 1 saturated heterocycles. The number of aromatic nitrogens is 3. The fourth-order valence-electron chi connectivity index (χ4n) is 3.51. The van der Waals surface area contributed by atoms with Crippen LogP contribution in [0.4, 0.5) is 5.82 Å². The number of nitrogens with one attached hydrogen (secondary N) is 1. The van der Waals surface area contributed by atoms with Crippen molar-refractivity contribution in [3.63, 3.8) is 0 Å². The molecule has 0 unspecified atom stereocenters. The summed E-state index contributed by atoms with van der Waals surface area (Å²) in [4.78, 5) is 25.8. The number of hydrogen-bond acceptors (Lipinski definition) is 6. The Morgan fingerprint density at radius 1 is 1.17 bits per heavy atom. The van der Waals surface area contributed by atoms with Gasteiger partial charge in [0.05, 0.1) is 36.1 Å². The number of amides is 1. The van der Waals surface area contributed by atoms with E-state index in [2.05, 4.69) is 20.3 Å².